The number of nitriles is 1. The molecular weight excluding hydrogens is 304 g/mol. The Balaban J connectivity index is 0.000000151. The number of thiophene rings is 1. The van der Waals surface area contributed by atoms with Gasteiger partial charge in [-0.1, -0.05) is 26.2 Å². The van der Waals surface area contributed by atoms with E-state index < -0.39 is 0 Å². The number of H-pyrrole nitrogens is 1. The monoisotopic (exact) mass is 326 g/mol. The highest BCUT2D eigenvalue weighted by atomic mass is 32.1. The maximum absolute atomic E-state index is 8.37. The number of pyridine rings is 1. The van der Waals surface area contributed by atoms with Gasteiger partial charge < -0.3 is 4.98 Å². The second-order valence-corrected chi connectivity index (χ2v) is 6.97. The number of nitrogens with one attached hydrogen (secondary N) is 1. The Morgan fingerprint density at radius 1 is 1.35 bits per heavy atom. The Morgan fingerprint density at radius 3 is 2.91 bits per heavy atom. The summed E-state index contributed by atoms with van der Waals surface area (Å²) in [7, 11) is 0. The Morgan fingerprint density at radius 2 is 2.17 bits per heavy atom. The average Bonchev–Trinajstić information content (AvgIpc) is 3.22. The van der Waals surface area contributed by atoms with Gasteiger partial charge >= 0.3 is 0 Å². The molecule has 1 N–H and O–H groups in total. The van der Waals surface area contributed by atoms with Crippen molar-refractivity contribution in [2.75, 3.05) is 0 Å². The summed E-state index contributed by atoms with van der Waals surface area (Å²) in [5.41, 5.74) is 3.13. The van der Waals surface area contributed by atoms with Crippen LogP contribution in [0.15, 0.2) is 17.6 Å². The van der Waals surface area contributed by atoms with Crippen molar-refractivity contribution in [1.82, 2.24) is 15.0 Å². The van der Waals surface area contributed by atoms with Crippen molar-refractivity contribution in [3.8, 4) is 6.07 Å². The van der Waals surface area contributed by atoms with Crippen LogP contribution in [0.3, 0.4) is 0 Å². The van der Waals surface area contributed by atoms with E-state index in [1.54, 1.807) is 11.3 Å². The molecule has 5 heteroatoms. The van der Waals surface area contributed by atoms with Gasteiger partial charge in [0.25, 0.3) is 0 Å². The Kier molecular flexibility index (Phi) is 5.24. The molecule has 120 valence electrons. The highest BCUT2D eigenvalue weighted by Gasteiger charge is 2.11. The smallest absolute Gasteiger partial charge is 0.110 e. The molecule has 3 aromatic heterocycles. The Hall–Kier alpha value is -1.93. The molecule has 1 fully saturated rings. The molecule has 0 aliphatic heterocycles. The molecule has 0 unspecified atom stereocenters. The van der Waals surface area contributed by atoms with E-state index in [2.05, 4.69) is 33.3 Å². The molecule has 4 rings (SSSR count). The van der Waals surface area contributed by atoms with E-state index in [-0.39, 0.29) is 0 Å². The van der Waals surface area contributed by atoms with Crippen LogP contribution in [0, 0.1) is 17.2 Å². The maximum atomic E-state index is 8.37. The van der Waals surface area contributed by atoms with E-state index in [1.165, 1.54) is 36.8 Å². The lowest BCUT2D eigenvalue weighted by atomic mass is 9.87. The second-order valence-electron chi connectivity index (χ2n) is 6.06. The van der Waals surface area contributed by atoms with Crippen LogP contribution in [0.4, 0.5) is 0 Å². The van der Waals surface area contributed by atoms with E-state index in [1.807, 2.05) is 12.3 Å². The molecule has 3 heterocycles. The summed E-state index contributed by atoms with van der Waals surface area (Å²) in [6.07, 6.45) is 10.3. The minimum Gasteiger partial charge on any atom is -0.341 e. The van der Waals surface area contributed by atoms with Gasteiger partial charge in [0.1, 0.15) is 11.3 Å². The van der Waals surface area contributed by atoms with E-state index in [4.69, 9.17) is 5.26 Å². The van der Waals surface area contributed by atoms with Crippen LogP contribution in [-0.2, 0) is 6.42 Å². The first-order valence-corrected chi connectivity index (χ1v) is 9.27. The zero-order valence-electron chi connectivity index (χ0n) is 13.5. The first-order chi connectivity index (χ1) is 11.3. The van der Waals surface area contributed by atoms with Crippen molar-refractivity contribution < 1.29 is 0 Å². The van der Waals surface area contributed by atoms with Gasteiger partial charge in [0.15, 0.2) is 0 Å². The lowest BCUT2D eigenvalue weighted by Crippen LogP contribution is -2.04. The number of imidazole rings is 1. The third-order valence-electron chi connectivity index (χ3n) is 4.41. The van der Waals surface area contributed by atoms with E-state index in [9.17, 15) is 0 Å². The number of aromatic nitrogens is 3. The zero-order chi connectivity index (χ0) is 16.1. The highest BCUT2D eigenvalue weighted by molar-refractivity contribution is 7.18. The third-order valence-corrected chi connectivity index (χ3v) is 5.32. The Labute approximate surface area is 140 Å². The van der Waals surface area contributed by atoms with Crippen molar-refractivity contribution in [1.29, 1.82) is 5.26 Å². The second kappa shape index (κ2) is 7.56. The van der Waals surface area contributed by atoms with Gasteiger partial charge in [-0.3, -0.25) is 4.98 Å². The summed E-state index contributed by atoms with van der Waals surface area (Å²) in [5, 5.41) is 10.4. The standard InChI is InChI=1S/C10H9N3S.C8H13N/c1-2-8-12-7-5-11-6-3-4-14-10(6)9(7)13-8;9-7-6-8-4-2-1-3-5-8/h3-5H,2H2,1H3,(H,12,13);8H,1-6H2. The minimum atomic E-state index is 0.740. The molecule has 0 bridgehead atoms. The number of aromatic amines is 1. The SMILES string of the molecule is CCc1nc2c(cnc3ccsc32)[nH]1.N#CCC1CCCCC1. The first kappa shape index (κ1) is 15.9. The maximum Gasteiger partial charge on any atom is 0.110 e. The molecule has 1 aliphatic rings. The molecule has 0 aromatic carbocycles. The van der Waals surface area contributed by atoms with Gasteiger partial charge in [-0.15, -0.1) is 11.3 Å². The van der Waals surface area contributed by atoms with Gasteiger partial charge in [-0.25, -0.2) is 4.98 Å². The third kappa shape index (κ3) is 3.70. The molecule has 0 amide bonds. The number of hydrogen-bond donors (Lipinski definition) is 1. The van der Waals surface area contributed by atoms with Crippen LogP contribution in [0.1, 0.15) is 51.3 Å². The van der Waals surface area contributed by atoms with Crippen molar-refractivity contribution in [2.24, 2.45) is 5.92 Å². The molecule has 4 nitrogen and oxygen atoms in total. The highest BCUT2D eigenvalue weighted by Crippen LogP contribution is 2.26. The van der Waals surface area contributed by atoms with E-state index in [0.29, 0.717) is 0 Å². The van der Waals surface area contributed by atoms with Crippen molar-refractivity contribution in [3.05, 3.63) is 23.5 Å². The normalized spacial score (nSPS) is 15.3. The number of nitrogens with zero attached hydrogens (tertiary/aromatic N) is 3. The fourth-order valence-corrected chi connectivity index (χ4v) is 3.95. The van der Waals surface area contributed by atoms with Gasteiger partial charge in [0.2, 0.25) is 0 Å². The fourth-order valence-electron chi connectivity index (χ4n) is 3.11. The summed E-state index contributed by atoms with van der Waals surface area (Å²) < 4.78 is 1.18. The number of hydrogen-bond acceptors (Lipinski definition) is 4. The van der Waals surface area contributed by atoms with Crippen LogP contribution in [-0.4, -0.2) is 15.0 Å². The van der Waals surface area contributed by atoms with Gasteiger partial charge in [0.05, 0.1) is 28.0 Å². The Bertz CT molecular complexity index is 805. The molecule has 1 aliphatic carbocycles. The molecule has 0 saturated heterocycles. The lowest BCUT2D eigenvalue weighted by Gasteiger charge is -2.17. The van der Waals surface area contributed by atoms with Crippen LogP contribution in [0.2, 0.25) is 0 Å². The van der Waals surface area contributed by atoms with E-state index >= 15 is 0 Å². The topological polar surface area (TPSA) is 65.4 Å². The van der Waals surface area contributed by atoms with Crippen LogP contribution >= 0.6 is 11.3 Å². The molecule has 0 radical (unpaired) electrons. The molecule has 0 atom stereocenters. The quantitative estimate of drug-likeness (QED) is 0.702. The largest absolute Gasteiger partial charge is 0.341 e. The molecule has 3 aromatic rings. The van der Waals surface area contributed by atoms with E-state index in [0.717, 1.165) is 41.1 Å². The zero-order valence-corrected chi connectivity index (χ0v) is 14.3. The predicted molar refractivity (Wildman–Crippen MR) is 95.5 cm³/mol. The number of rotatable bonds is 2. The predicted octanol–water partition coefficient (Wildman–Crippen LogP) is 5.22. The van der Waals surface area contributed by atoms with Crippen LogP contribution in [0.25, 0.3) is 21.3 Å². The van der Waals surface area contributed by atoms with Crippen LogP contribution < -0.4 is 0 Å². The summed E-state index contributed by atoms with van der Waals surface area (Å²) >= 11 is 1.70. The van der Waals surface area contributed by atoms with Gasteiger partial charge in [0, 0.05) is 12.8 Å². The average molecular weight is 326 g/mol. The lowest BCUT2D eigenvalue weighted by molar-refractivity contribution is 0.364. The summed E-state index contributed by atoms with van der Waals surface area (Å²) in [4.78, 5) is 12.2. The summed E-state index contributed by atoms with van der Waals surface area (Å²) in [6.45, 7) is 2.09. The molecule has 1 saturated carbocycles. The number of fused-ring (bicyclic) bond motifs is 3. The summed E-state index contributed by atoms with van der Waals surface area (Å²) in [5.74, 6) is 1.77. The van der Waals surface area contributed by atoms with Crippen molar-refractivity contribution in [3.63, 3.8) is 0 Å². The number of aryl methyl sites for hydroxylation is 1. The van der Waals surface area contributed by atoms with Crippen LogP contribution in [0.5, 0.6) is 0 Å². The molecule has 23 heavy (non-hydrogen) atoms. The first-order valence-electron chi connectivity index (χ1n) is 8.39. The molecular formula is C18H22N4S. The molecule has 0 spiro atoms. The minimum absolute atomic E-state index is 0.740. The van der Waals surface area contributed by atoms with Gasteiger partial charge in [-0.05, 0) is 30.2 Å². The fraction of sp³-hybridized carbons (Fsp3) is 0.500. The van der Waals surface area contributed by atoms with Crippen molar-refractivity contribution in [2.45, 2.75) is 51.9 Å². The van der Waals surface area contributed by atoms with Gasteiger partial charge in [-0.2, -0.15) is 5.26 Å². The van der Waals surface area contributed by atoms with Crippen molar-refractivity contribution >= 4 is 32.6 Å². The summed E-state index contributed by atoms with van der Waals surface area (Å²) in [6, 6.07) is 4.26.